The molecule has 0 bridgehead atoms. The van der Waals surface area contributed by atoms with Crippen LogP contribution in [0.25, 0.3) is 0 Å². The summed E-state index contributed by atoms with van der Waals surface area (Å²) in [7, 11) is 0. The summed E-state index contributed by atoms with van der Waals surface area (Å²) in [6.07, 6.45) is 10.6. The Morgan fingerprint density at radius 2 is 2.00 bits per heavy atom. The second-order valence-corrected chi connectivity index (χ2v) is 8.38. The molecule has 1 aromatic carbocycles. The van der Waals surface area contributed by atoms with Crippen molar-refractivity contribution < 1.29 is 9.59 Å². The number of aromatic nitrogens is 1. The molecule has 2 fully saturated rings. The van der Waals surface area contributed by atoms with Gasteiger partial charge < -0.3 is 26.2 Å². The standard InChI is InChI=1S/C26H30N6O2/c1-3-7-20(8-4-2)32-18-29-25(34)26(32)13-15-31(16-14-26)23-12-11-19(17-28-23)24(33)30-22-10-6-5-9-21(22)27/h3-12,17H,1,13-16,18,27H2,2H3,(H,29,34)(H,30,33)/b8-4-,20-7+. The maximum Gasteiger partial charge on any atom is 0.257 e. The third-order valence-corrected chi connectivity index (χ3v) is 6.41. The van der Waals surface area contributed by atoms with E-state index in [0.717, 1.165) is 11.5 Å². The van der Waals surface area contributed by atoms with E-state index >= 15 is 0 Å². The van der Waals surface area contributed by atoms with Gasteiger partial charge in [0.15, 0.2) is 0 Å². The van der Waals surface area contributed by atoms with E-state index in [-0.39, 0.29) is 11.8 Å². The van der Waals surface area contributed by atoms with Gasteiger partial charge in [-0.3, -0.25) is 9.59 Å². The molecule has 4 N–H and O–H groups in total. The quantitative estimate of drug-likeness (QED) is 0.453. The van der Waals surface area contributed by atoms with Gasteiger partial charge >= 0.3 is 0 Å². The molecule has 1 aromatic heterocycles. The SMILES string of the molecule is C=C/C=C(\C=C/C)N1CNC(=O)C12CCN(c1ccc(C(=O)Nc3ccccc3N)cn1)CC2. The molecule has 0 atom stereocenters. The lowest BCUT2D eigenvalue weighted by molar-refractivity contribution is -0.127. The van der Waals surface area contributed by atoms with E-state index in [1.165, 1.54) is 0 Å². The predicted molar refractivity (Wildman–Crippen MR) is 135 cm³/mol. The van der Waals surface area contributed by atoms with Crippen molar-refractivity contribution in [1.29, 1.82) is 0 Å². The van der Waals surface area contributed by atoms with Crippen molar-refractivity contribution in [3.63, 3.8) is 0 Å². The predicted octanol–water partition coefficient (Wildman–Crippen LogP) is 3.29. The van der Waals surface area contributed by atoms with Gasteiger partial charge in [-0.25, -0.2) is 4.98 Å². The minimum Gasteiger partial charge on any atom is -0.397 e. The molecule has 8 nitrogen and oxygen atoms in total. The number of hydrogen-bond donors (Lipinski definition) is 3. The van der Waals surface area contributed by atoms with Crippen LogP contribution in [0.15, 0.2) is 79.2 Å². The summed E-state index contributed by atoms with van der Waals surface area (Å²) in [5.41, 5.74) is 7.82. The zero-order chi connectivity index (χ0) is 24.1. The molecule has 0 unspecified atom stereocenters. The number of nitrogens with zero attached hydrogens (tertiary/aromatic N) is 3. The number of benzene rings is 1. The largest absolute Gasteiger partial charge is 0.397 e. The van der Waals surface area contributed by atoms with Crippen LogP contribution in [0.4, 0.5) is 17.2 Å². The number of rotatable bonds is 6. The number of nitrogens with two attached hydrogens (primary N) is 1. The van der Waals surface area contributed by atoms with E-state index in [1.807, 2.05) is 43.4 Å². The first kappa shape index (κ1) is 23.1. The van der Waals surface area contributed by atoms with Crippen LogP contribution in [0.1, 0.15) is 30.1 Å². The van der Waals surface area contributed by atoms with E-state index < -0.39 is 5.54 Å². The van der Waals surface area contributed by atoms with E-state index in [4.69, 9.17) is 5.73 Å². The van der Waals surface area contributed by atoms with Gasteiger partial charge in [0, 0.05) is 25.0 Å². The average molecular weight is 459 g/mol. The summed E-state index contributed by atoms with van der Waals surface area (Å²) in [5, 5.41) is 5.83. The summed E-state index contributed by atoms with van der Waals surface area (Å²) < 4.78 is 0. The van der Waals surface area contributed by atoms with Gasteiger partial charge in [-0.05, 0) is 56.2 Å². The molecular weight excluding hydrogens is 428 g/mol. The first-order valence-corrected chi connectivity index (χ1v) is 11.4. The minimum absolute atomic E-state index is 0.0618. The fraction of sp³-hybridized carbons (Fsp3) is 0.269. The monoisotopic (exact) mass is 458 g/mol. The Bertz CT molecular complexity index is 1130. The van der Waals surface area contributed by atoms with Crippen LogP contribution in [0.2, 0.25) is 0 Å². The van der Waals surface area contributed by atoms with Crippen molar-refractivity contribution in [1.82, 2.24) is 15.2 Å². The topological polar surface area (TPSA) is 104 Å². The Morgan fingerprint density at radius 1 is 1.24 bits per heavy atom. The molecule has 2 aliphatic rings. The van der Waals surface area contributed by atoms with Crippen LogP contribution in [-0.4, -0.2) is 47.0 Å². The van der Waals surface area contributed by atoms with Crippen LogP contribution in [0.3, 0.4) is 0 Å². The Hall–Kier alpha value is -4.07. The molecule has 0 saturated carbocycles. The van der Waals surface area contributed by atoms with E-state index in [1.54, 1.807) is 30.5 Å². The third-order valence-electron chi connectivity index (χ3n) is 6.41. The van der Waals surface area contributed by atoms with Crippen LogP contribution in [0, 0.1) is 0 Å². The number of carbonyl (C=O) groups is 2. The van der Waals surface area contributed by atoms with Crippen LogP contribution >= 0.6 is 0 Å². The molecule has 0 aliphatic carbocycles. The number of pyridine rings is 1. The highest BCUT2D eigenvalue weighted by Crippen LogP contribution is 2.36. The van der Waals surface area contributed by atoms with E-state index in [9.17, 15) is 9.59 Å². The lowest BCUT2D eigenvalue weighted by Crippen LogP contribution is -2.55. The van der Waals surface area contributed by atoms with Gasteiger partial charge in [-0.1, -0.05) is 30.9 Å². The van der Waals surface area contributed by atoms with Gasteiger partial charge in [0.2, 0.25) is 5.91 Å². The Morgan fingerprint density at radius 3 is 2.65 bits per heavy atom. The zero-order valence-electron chi connectivity index (χ0n) is 19.3. The summed E-state index contributed by atoms with van der Waals surface area (Å²) in [6, 6.07) is 10.7. The van der Waals surface area contributed by atoms with Crippen LogP contribution < -0.4 is 21.3 Å². The average Bonchev–Trinajstić information content (AvgIpc) is 3.16. The van der Waals surface area contributed by atoms with Gasteiger partial charge in [-0.2, -0.15) is 0 Å². The second kappa shape index (κ2) is 9.82. The van der Waals surface area contributed by atoms with Gasteiger partial charge in [0.1, 0.15) is 11.4 Å². The summed E-state index contributed by atoms with van der Waals surface area (Å²) in [4.78, 5) is 34.3. The smallest absolute Gasteiger partial charge is 0.257 e. The summed E-state index contributed by atoms with van der Waals surface area (Å²) in [6.45, 7) is 7.62. The van der Waals surface area contributed by atoms with Crippen molar-refractivity contribution in [3.05, 3.63) is 84.7 Å². The molecule has 2 saturated heterocycles. The van der Waals surface area contributed by atoms with Crippen molar-refractivity contribution >= 4 is 29.0 Å². The molecule has 3 heterocycles. The molecule has 1 spiro atoms. The van der Waals surface area contributed by atoms with Crippen molar-refractivity contribution in [3.8, 4) is 0 Å². The molecule has 2 amide bonds. The molecule has 8 heteroatoms. The Kier molecular flexibility index (Phi) is 6.67. The number of carbonyl (C=O) groups excluding carboxylic acids is 2. The molecule has 176 valence electrons. The number of anilines is 3. The number of hydrogen-bond acceptors (Lipinski definition) is 6. The summed E-state index contributed by atoms with van der Waals surface area (Å²) >= 11 is 0. The number of amides is 2. The second-order valence-electron chi connectivity index (χ2n) is 8.38. The van der Waals surface area contributed by atoms with Gasteiger partial charge in [0.05, 0.1) is 23.6 Å². The maximum atomic E-state index is 12.9. The van der Waals surface area contributed by atoms with Crippen molar-refractivity contribution in [2.24, 2.45) is 0 Å². The highest BCUT2D eigenvalue weighted by molar-refractivity contribution is 6.05. The number of allylic oxidation sites excluding steroid dienone is 4. The van der Waals surface area contributed by atoms with Crippen molar-refractivity contribution in [2.45, 2.75) is 25.3 Å². The highest BCUT2D eigenvalue weighted by Gasteiger charge is 2.50. The number of piperidine rings is 1. The number of nitrogen functional groups attached to an aromatic ring is 1. The molecule has 2 aromatic rings. The van der Waals surface area contributed by atoms with Crippen LogP contribution in [-0.2, 0) is 4.79 Å². The Balaban J connectivity index is 1.44. The van der Waals surface area contributed by atoms with E-state index in [0.29, 0.717) is 49.5 Å². The Labute approximate surface area is 199 Å². The molecule has 34 heavy (non-hydrogen) atoms. The van der Waals surface area contributed by atoms with Crippen LogP contribution in [0.5, 0.6) is 0 Å². The molecular formula is C26H30N6O2. The fourth-order valence-corrected chi connectivity index (χ4v) is 4.57. The normalized spacial score (nSPS) is 17.8. The van der Waals surface area contributed by atoms with Crippen molar-refractivity contribution in [2.75, 3.05) is 35.7 Å². The highest BCUT2D eigenvalue weighted by atomic mass is 16.2. The maximum absolute atomic E-state index is 12.9. The first-order chi connectivity index (χ1) is 16.5. The van der Waals surface area contributed by atoms with Gasteiger partial charge in [-0.15, -0.1) is 0 Å². The fourth-order valence-electron chi connectivity index (χ4n) is 4.57. The van der Waals surface area contributed by atoms with Gasteiger partial charge in [0.25, 0.3) is 5.91 Å². The lowest BCUT2D eigenvalue weighted by atomic mass is 9.85. The zero-order valence-corrected chi connectivity index (χ0v) is 19.3. The minimum atomic E-state index is -0.583. The summed E-state index contributed by atoms with van der Waals surface area (Å²) in [5.74, 6) is 0.580. The lowest BCUT2D eigenvalue weighted by Gasteiger charge is -2.44. The number of nitrogens with one attached hydrogen (secondary N) is 2. The first-order valence-electron chi connectivity index (χ1n) is 11.4. The number of para-hydroxylation sites is 2. The molecule has 4 rings (SSSR count). The molecule has 0 radical (unpaired) electrons. The van der Waals surface area contributed by atoms with E-state index in [2.05, 4.69) is 32.0 Å². The third kappa shape index (κ3) is 4.39. The molecule has 2 aliphatic heterocycles.